The second kappa shape index (κ2) is 3.48. The molecule has 0 saturated carbocycles. The third kappa shape index (κ3) is 1.23. The van der Waals surface area contributed by atoms with Gasteiger partial charge < -0.3 is 5.11 Å². The molecule has 1 heterocycles. The van der Waals surface area contributed by atoms with Gasteiger partial charge in [0, 0.05) is 10.3 Å². The molecule has 0 bridgehead atoms. The van der Waals surface area contributed by atoms with Crippen LogP contribution in [0.15, 0.2) is 17.5 Å². The molecule has 0 unspecified atom stereocenters. The maximum absolute atomic E-state index is 13.3. The first-order chi connectivity index (χ1) is 6.77. The van der Waals surface area contributed by atoms with Gasteiger partial charge in [-0.2, -0.15) is 0 Å². The van der Waals surface area contributed by atoms with Crippen LogP contribution in [0.1, 0.15) is 15.9 Å². The number of aliphatic hydroxyl groups is 1. The minimum atomic E-state index is -0.574. The molecule has 72 valence electrons. The van der Waals surface area contributed by atoms with Crippen LogP contribution in [0.2, 0.25) is 0 Å². The molecule has 2 aromatic rings. The number of hydrogen-bond donors (Lipinski definition) is 1. The van der Waals surface area contributed by atoms with E-state index in [9.17, 15) is 9.18 Å². The molecule has 4 heteroatoms. The summed E-state index contributed by atoms with van der Waals surface area (Å²) in [4.78, 5) is 10.6. The number of carbonyl (C=O) groups excluding carboxylic acids is 1. The zero-order valence-electron chi connectivity index (χ0n) is 7.16. The van der Waals surface area contributed by atoms with Crippen LogP contribution in [-0.4, -0.2) is 11.4 Å². The Morgan fingerprint density at radius 3 is 3.00 bits per heavy atom. The standard InChI is InChI=1S/C10H7FO2S/c11-9-3-6-1-2-14-10(6)8(5-13)7(9)4-12/h1-4,13H,5H2. The van der Waals surface area contributed by atoms with E-state index in [4.69, 9.17) is 5.11 Å². The highest BCUT2D eigenvalue weighted by atomic mass is 32.1. The summed E-state index contributed by atoms with van der Waals surface area (Å²) >= 11 is 1.39. The van der Waals surface area contributed by atoms with Crippen LogP contribution in [0.25, 0.3) is 10.1 Å². The zero-order valence-corrected chi connectivity index (χ0v) is 7.97. The Kier molecular flexibility index (Phi) is 2.31. The predicted molar refractivity (Wildman–Crippen MR) is 53.1 cm³/mol. The Labute approximate surface area is 83.6 Å². The lowest BCUT2D eigenvalue weighted by atomic mass is 10.1. The van der Waals surface area contributed by atoms with Gasteiger partial charge in [0.25, 0.3) is 0 Å². The summed E-state index contributed by atoms with van der Waals surface area (Å²) in [5, 5.41) is 11.6. The largest absolute Gasteiger partial charge is 0.392 e. The molecule has 0 radical (unpaired) electrons. The smallest absolute Gasteiger partial charge is 0.153 e. The molecule has 0 atom stereocenters. The van der Waals surface area contributed by atoms with Crippen molar-refractivity contribution in [3.05, 3.63) is 34.5 Å². The van der Waals surface area contributed by atoms with Gasteiger partial charge in [-0.05, 0) is 22.9 Å². The number of thiophene rings is 1. The maximum atomic E-state index is 13.3. The molecule has 14 heavy (non-hydrogen) atoms. The fourth-order valence-corrected chi connectivity index (χ4v) is 2.37. The average molecular weight is 210 g/mol. The van der Waals surface area contributed by atoms with Crippen LogP contribution in [0.4, 0.5) is 4.39 Å². The van der Waals surface area contributed by atoms with E-state index >= 15 is 0 Å². The SMILES string of the molecule is O=Cc1c(F)cc2ccsc2c1CO. The minimum Gasteiger partial charge on any atom is -0.392 e. The fourth-order valence-electron chi connectivity index (χ4n) is 1.44. The van der Waals surface area contributed by atoms with Crippen molar-refractivity contribution in [3.8, 4) is 0 Å². The van der Waals surface area contributed by atoms with E-state index in [1.54, 1.807) is 11.4 Å². The Hall–Kier alpha value is -1.26. The molecular weight excluding hydrogens is 203 g/mol. The molecule has 0 aliphatic rings. The molecular formula is C10H7FO2S. The Morgan fingerprint density at radius 1 is 1.57 bits per heavy atom. The van der Waals surface area contributed by atoms with E-state index in [0.29, 0.717) is 11.8 Å². The van der Waals surface area contributed by atoms with E-state index in [1.807, 2.05) is 0 Å². The Bertz CT molecular complexity index is 490. The van der Waals surface area contributed by atoms with Gasteiger partial charge in [0.05, 0.1) is 12.2 Å². The topological polar surface area (TPSA) is 37.3 Å². The van der Waals surface area contributed by atoms with Gasteiger partial charge in [-0.3, -0.25) is 4.79 Å². The number of halogens is 1. The van der Waals surface area contributed by atoms with Crippen molar-refractivity contribution in [2.24, 2.45) is 0 Å². The number of carbonyl (C=O) groups is 1. The van der Waals surface area contributed by atoms with E-state index in [1.165, 1.54) is 17.4 Å². The molecule has 0 aliphatic heterocycles. The maximum Gasteiger partial charge on any atom is 0.153 e. The molecule has 2 nitrogen and oxygen atoms in total. The first-order valence-corrected chi connectivity index (χ1v) is 4.90. The van der Waals surface area contributed by atoms with Crippen molar-refractivity contribution in [2.45, 2.75) is 6.61 Å². The van der Waals surface area contributed by atoms with Gasteiger partial charge in [-0.25, -0.2) is 4.39 Å². The normalized spacial score (nSPS) is 10.7. The van der Waals surface area contributed by atoms with Crippen molar-refractivity contribution < 1.29 is 14.3 Å². The molecule has 0 aliphatic carbocycles. The van der Waals surface area contributed by atoms with Crippen molar-refractivity contribution in [3.63, 3.8) is 0 Å². The molecule has 1 aromatic carbocycles. The van der Waals surface area contributed by atoms with Crippen LogP contribution in [0.5, 0.6) is 0 Å². The summed E-state index contributed by atoms with van der Waals surface area (Å²) in [6.45, 7) is -0.317. The summed E-state index contributed by atoms with van der Waals surface area (Å²) in [7, 11) is 0. The van der Waals surface area contributed by atoms with Crippen molar-refractivity contribution in [2.75, 3.05) is 0 Å². The monoisotopic (exact) mass is 210 g/mol. The van der Waals surface area contributed by atoms with Gasteiger partial charge in [0.2, 0.25) is 0 Å². The number of aliphatic hydroxyl groups excluding tert-OH is 1. The first-order valence-electron chi connectivity index (χ1n) is 4.02. The third-order valence-electron chi connectivity index (χ3n) is 2.11. The fraction of sp³-hybridized carbons (Fsp3) is 0.100. The lowest BCUT2D eigenvalue weighted by Gasteiger charge is -2.03. The van der Waals surface area contributed by atoms with Gasteiger partial charge in [0.15, 0.2) is 6.29 Å². The van der Waals surface area contributed by atoms with Crippen LogP contribution >= 0.6 is 11.3 Å². The summed E-state index contributed by atoms with van der Waals surface area (Å²) in [6.07, 6.45) is 0.444. The van der Waals surface area contributed by atoms with E-state index in [-0.39, 0.29) is 12.2 Å². The quantitative estimate of drug-likeness (QED) is 0.772. The number of benzene rings is 1. The molecule has 1 N–H and O–H groups in total. The average Bonchev–Trinajstić information content (AvgIpc) is 2.62. The van der Waals surface area contributed by atoms with E-state index in [2.05, 4.69) is 0 Å². The molecule has 0 fully saturated rings. The number of fused-ring (bicyclic) bond motifs is 1. The predicted octanol–water partition coefficient (Wildman–Crippen LogP) is 2.35. The molecule has 2 rings (SSSR count). The third-order valence-corrected chi connectivity index (χ3v) is 3.10. The molecule has 1 aromatic heterocycles. The van der Waals surface area contributed by atoms with Crippen LogP contribution in [0, 0.1) is 5.82 Å². The number of hydrogen-bond acceptors (Lipinski definition) is 3. The molecule has 0 saturated heterocycles. The summed E-state index contributed by atoms with van der Waals surface area (Å²) in [5.74, 6) is -0.574. The first kappa shape index (κ1) is 9.30. The highest BCUT2D eigenvalue weighted by Gasteiger charge is 2.12. The van der Waals surface area contributed by atoms with Crippen molar-refractivity contribution >= 4 is 27.7 Å². The Morgan fingerprint density at radius 2 is 2.36 bits per heavy atom. The van der Waals surface area contributed by atoms with Crippen molar-refractivity contribution in [1.82, 2.24) is 0 Å². The molecule has 0 amide bonds. The highest BCUT2D eigenvalue weighted by molar-refractivity contribution is 7.17. The summed E-state index contributed by atoms with van der Waals surface area (Å²) in [5.41, 5.74) is 0.340. The second-order valence-electron chi connectivity index (χ2n) is 2.87. The van der Waals surface area contributed by atoms with Gasteiger partial charge in [-0.15, -0.1) is 11.3 Å². The Balaban J connectivity index is 2.88. The number of rotatable bonds is 2. The summed E-state index contributed by atoms with van der Waals surface area (Å²) < 4.78 is 14.1. The van der Waals surface area contributed by atoms with Gasteiger partial charge in [0.1, 0.15) is 5.82 Å². The van der Waals surface area contributed by atoms with E-state index < -0.39 is 5.82 Å². The lowest BCUT2D eigenvalue weighted by molar-refractivity contribution is 0.111. The van der Waals surface area contributed by atoms with Crippen LogP contribution in [-0.2, 0) is 6.61 Å². The second-order valence-corrected chi connectivity index (χ2v) is 3.78. The number of aldehydes is 1. The summed E-state index contributed by atoms with van der Waals surface area (Å²) in [6, 6.07) is 3.07. The van der Waals surface area contributed by atoms with Gasteiger partial charge in [-0.1, -0.05) is 0 Å². The van der Waals surface area contributed by atoms with Crippen LogP contribution in [0.3, 0.4) is 0 Å². The minimum absolute atomic E-state index is 0.0394. The lowest BCUT2D eigenvalue weighted by Crippen LogP contribution is -1.96. The van der Waals surface area contributed by atoms with Crippen LogP contribution < -0.4 is 0 Å². The zero-order chi connectivity index (χ0) is 10.1. The van der Waals surface area contributed by atoms with Gasteiger partial charge >= 0.3 is 0 Å². The highest BCUT2D eigenvalue weighted by Crippen LogP contribution is 2.28. The van der Waals surface area contributed by atoms with E-state index in [0.717, 1.165) is 10.1 Å². The molecule has 0 spiro atoms. The van der Waals surface area contributed by atoms with Crippen molar-refractivity contribution in [1.29, 1.82) is 0 Å².